The SMILES string of the molecule is CN(C)CCCNC(=O)c1ccc(CC2CCN(C(=O)C3CC3)CC2)cc1. The third-order valence-electron chi connectivity index (χ3n) is 5.66. The number of likely N-dealkylation sites (tertiary alicyclic amines) is 1. The van der Waals surface area contributed by atoms with E-state index in [0.29, 0.717) is 24.3 Å². The summed E-state index contributed by atoms with van der Waals surface area (Å²) >= 11 is 0. The summed E-state index contributed by atoms with van der Waals surface area (Å²) in [5.74, 6) is 1.36. The Labute approximate surface area is 163 Å². The summed E-state index contributed by atoms with van der Waals surface area (Å²) in [5, 5.41) is 2.98. The van der Waals surface area contributed by atoms with E-state index < -0.39 is 0 Å². The van der Waals surface area contributed by atoms with Crippen LogP contribution in [0.15, 0.2) is 24.3 Å². The van der Waals surface area contributed by atoms with Gasteiger partial charge in [0, 0.05) is 31.1 Å². The highest BCUT2D eigenvalue weighted by Gasteiger charge is 2.34. The van der Waals surface area contributed by atoms with Crippen molar-refractivity contribution in [3.63, 3.8) is 0 Å². The Kier molecular flexibility index (Phi) is 6.89. The van der Waals surface area contributed by atoms with Crippen LogP contribution < -0.4 is 5.32 Å². The van der Waals surface area contributed by atoms with Crippen molar-refractivity contribution in [3.8, 4) is 0 Å². The van der Waals surface area contributed by atoms with Gasteiger partial charge in [0.1, 0.15) is 0 Å². The van der Waals surface area contributed by atoms with Gasteiger partial charge in [-0.1, -0.05) is 12.1 Å². The van der Waals surface area contributed by atoms with Crippen molar-refractivity contribution in [1.29, 1.82) is 0 Å². The molecule has 1 aromatic rings. The fourth-order valence-electron chi connectivity index (χ4n) is 3.77. The van der Waals surface area contributed by atoms with Crippen LogP contribution in [-0.2, 0) is 11.2 Å². The van der Waals surface area contributed by atoms with Gasteiger partial charge in [0.05, 0.1) is 0 Å². The van der Waals surface area contributed by atoms with Gasteiger partial charge in [-0.15, -0.1) is 0 Å². The lowest BCUT2D eigenvalue weighted by Gasteiger charge is -2.32. The molecule has 3 rings (SSSR count). The summed E-state index contributed by atoms with van der Waals surface area (Å²) < 4.78 is 0. The molecular formula is C22H33N3O2. The first-order valence-electron chi connectivity index (χ1n) is 10.3. The fourth-order valence-corrected chi connectivity index (χ4v) is 3.77. The van der Waals surface area contributed by atoms with E-state index in [1.807, 2.05) is 26.2 Å². The average molecular weight is 372 g/mol. The molecule has 5 heteroatoms. The molecule has 0 atom stereocenters. The maximum atomic E-state index is 12.2. The summed E-state index contributed by atoms with van der Waals surface area (Å²) in [5.41, 5.74) is 2.01. The van der Waals surface area contributed by atoms with Crippen molar-refractivity contribution < 1.29 is 9.59 Å². The van der Waals surface area contributed by atoms with Gasteiger partial charge in [0.25, 0.3) is 5.91 Å². The first-order chi connectivity index (χ1) is 13.0. The van der Waals surface area contributed by atoms with Crippen LogP contribution in [-0.4, -0.2) is 61.9 Å². The van der Waals surface area contributed by atoms with E-state index in [1.54, 1.807) is 0 Å². The van der Waals surface area contributed by atoms with Crippen molar-refractivity contribution >= 4 is 11.8 Å². The Balaban J connectivity index is 1.40. The zero-order valence-electron chi connectivity index (χ0n) is 16.7. The van der Waals surface area contributed by atoms with Gasteiger partial charge in [-0.25, -0.2) is 0 Å². The monoisotopic (exact) mass is 371 g/mol. The zero-order valence-corrected chi connectivity index (χ0v) is 16.7. The second-order valence-electron chi connectivity index (χ2n) is 8.36. The number of nitrogens with zero attached hydrogens (tertiary/aromatic N) is 2. The normalized spacial score (nSPS) is 18.0. The van der Waals surface area contributed by atoms with Crippen molar-refractivity contribution in [2.75, 3.05) is 40.3 Å². The predicted molar refractivity (Wildman–Crippen MR) is 108 cm³/mol. The minimum Gasteiger partial charge on any atom is -0.352 e. The number of nitrogens with one attached hydrogen (secondary N) is 1. The molecule has 1 heterocycles. The maximum absolute atomic E-state index is 12.2. The first-order valence-corrected chi connectivity index (χ1v) is 10.3. The quantitative estimate of drug-likeness (QED) is 0.715. The highest BCUT2D eigenvalue weighted by atomic mass is 16.2. The van der Waals surface area contributed by atoms with Crippen LogP contribution in [0.3, 0.4) is 0 Å². The van der Waals surface area contributed by atoms with Gasteiger partial charge in [-0.3, -0.25) is 9.59 Å². The first kappa shape index (κ1) is 19.9. The predicted octanol–water partition coefficient (Wildman–Crippen LogP) is 2.56. The number of piperidine rings is 1. The Morgan fingerprint density at radius 3 is 2.33 bits per heavy atom. The van der Waals surface area contributed by atoms with Gasteiger partial charge >= 0.3 is 0 Å². The minimum absolute atomic E-state index is 0.00667. The van der Waals surface area contributed by atoms with Crippen LogP contribution >= 0.6 is 0 Å². The highest BCUT2D eigenvalue weighted by molar-refractivity contribution is 5.94. The number of hydrogen-bond acceptors (Lipinski definition) is 3. The molecule has 0 bridgehead atoms. The maximum Gasteiger partial charge on any atom is 0.251 e. The molecule has 1 aliphatic carbocycles. The number of amides is 2. The topological polar surface area (TPSA) is 52.7 Å². The molecule has 27 heavy (non-hydrogen) atoms. The number of carbonyl (C=O) groups excluding carboxylic acids is 2. The summed E-state index contributed by atoms with van der Waals surface area (Å²) in [6.07, 6.45) is 6.36. The fraction of sp³-hybridized carbons (Fsp3) is 0.636. The van der Waals surface area contributed by atoms with Crippen LogP contribution in [0.2, 0.25) is 0 Å². The van der Waals surface area contributed by atoms with Crippen molar-refractivity contribution in [2.24, 2.45) is 11.8 Å². The van der Waals surface area contributed by atoms with Gasteiger partial charge in [-0.05, 0) is 82.8 Å². The minimum atomic E-state index is 0.00667. The van der Waals surface area contributed by atoms with E-state index >= 15 is 0 Å². The van der Waals surface area contributed by atoms with Gasteiger partial charge in [0.2, 0.25) is 5.91 Å². The molecule has 0 aromatic heterocycles. The molecule has 2 fully saturated rings. The van der Waals surface area contributed by atoms with E-state index in [1.165, 1.54) is 5.56 Å². The van der Waals surface area contributed by atoms with Crippen LogP contribution in [0.25, 0.3) is 0 Å². The summed E-state index contributed by atoms with van der Waals surface area (Å²) in [4.78, 5) is 28.5. The molecule has 1 aromatic carbocycles. The van der Waals surface area contributed by atoms with Crippen LogP contribution in [0, 0.1) is 11.8 Å². The molecule has 1 aliphatic heterocycles. The van der Waals surface area contributed by atoms with Gasteiger partial charge in [-0.2, -0.15) is 0 Å². The Bertz CT molecular complexity index is 629. The summed E-state index contributed by atoms with van der Waals surface area (Å²) in [6, 6.07) is 8.03. The van der Waals surface area contributed by atoms with Gasteiger partial charge < -0.3 is 15.1 Å². The lowest BCUT2D eigenvalue weighted by molar-refractivity contribution is -0.133. The standard InChI is InChI=1S/C22H33N3O2/c1-24(2)13-3-12-23-21(26)19-6-4-17(5-7-19)16-18-10-14-25(15-11-18)22(27)20-8-9-20/h4-7,18,20H,3,8-16H2,1-2H3,(H,23,26). The average Bonchev–Trinajstić information content (AvgIpc) is 3.51. The molecule has 5 nitrogen and oxygen atoms in total. The highest BCUT2D eigenvalue weighted by Crippen LogP contribution is 2.32. The number of rotatable bonds is 8. The third kappa shape index (κ3) is 6.06. The summed E-state index contributed by atoms with van der Waals surface area (Å²) in [7, 11) is 4.07. The molecule has 1 N–H and O–H groups in total. The van der Waals surface area contributed by atoms with E-state index in [4.69, 9.17) is 0 Å². The van der Waals surface area contributed by atoms with Crippen molar-refractivity contribution in [1.82, 2.24) is 15.1 Å². The van der Waals surface area contributed by atoms with Gasteiger partial charge in [0.15, 0.2) is 0 Å². The smallest absolute Gasteiger partial charge is 0.251 e. The van der Waals surface area contributed by atoms with Crippen LogP contribution in [0.4, 0.5) is 0 Å². The van der Waals surface area contributed by atoms with E-state index in [2.05, 4.69) is 27.2 Å². The third-order valence-corrected chi connectivity index (χ3v) is 5.66. The molecule has 2 amide bonds. The van der Waals surface area contributed by atoms with E-state index in [-0.39, 0.29) is 5.91 Å². The van der Waals surface area contributed by atoms with Crippen molar-refractivity contribution in [2.45, 2.75) is 38.5 Å². The zero-order chi connectivity index (χ0) is 19.2. The molecule has 0 unspecified atom stereocenters. The number of hydrogen-bond donors (Lipinski definition) is 1. The molecule has 1 saturated carbocycles. The molecule has 2 aliphatic rings. The van der Waals surface area contributed by atoms with Crippen LogP contribution in [0.5, 0.6) is 0 Å². The Morgan fingerprint density at radius 1 is 1.07 bits per heavy atom. The molecule has 0 radical (unpaired) electrons. The number of carbonyl (C=O) groups is 2. The Hall–Kier alpha value is -1.88. The molecular weight excluding hydrogens is 338 g/mol. The summed E-state index contributed by atoms with van der Waals surface area (Å²) in [6.45, 7) is 3.50. The van der Waals surface area contributed by atoms with E-state index in [9.17, 15) is 9.59 Å². The Morgan fingerprint density at radius 2 is 1.74 bits per heavy atom. The van der Waals surface area contributed by atoms with Crippen LogP contribution in [0.1, 0.15) is 48.0 Å². The largest absolute Gasteiger partial charge is 0.352 e. The second-order valence-corrected chi connectivity index (χ2v) is 8.36. The lowest BCUT2D eigenvalue weighted by atomic mass is 9.89. The van der Waals surface area contributed by atoms with Crippen molar-refractivity contribution in [3.05, 3.63) is 35.4 Å². The molecule has 148 valence electrons. The molecule has 0 spiro atoms. The van der Waals surface area contributed by atoms with E-state index in [0.717, 1.165) is 63.7 Å². The number of benzene rings is 1. The second kappa shape index (κ2) is 9.36. The molecule has 1 saturated heterocycles. The lowest BCUT2D eigenvalue weighted by Crippen LogP contribution is -2.39.